The van der Waals surface area contributed by atoms with E-state index >= 15 is 0 Å². The molecule has 0 radical (unpaired) electrons. The smallest absolute Gasteiger partial charge is 0.164 e. The molecule has 12 rings (SSSR count). The third-order valence-corrected chi connectivity index (χ3v) is 12.6. The number of rotatable bonds is 5. The molecule has 4 heterocycles. The molecule has 0 N–H and O–H groups in total. The van der Waals surface area contributed by atoms with E-state index in [-0.39, 0.29) is 12.0 Å². The molecule has 0 fully saturated rings. The van der Waals surface area contributed by atoms with E-state index in [9.17, 15) is 0 Å². The average Bonchev–Trinajstić information content (AvgIpc) is 3.96. The summed E-state index contributed by atoms with van der Waals surface area (Å²) in [5.41, 5.74) is 10.9. The number of ether oxygens (including phenoxy) is 1. The molecule has 0 saturated heterocycles. The van der Waals surface area contributed by atoms with Gasteiger partial charge in [0, 0.05) is 65.0 Å². The number of hydrogen-bond acceptors (Lipinski definition) is 5. The van der Waals surface area contributed by atoms with Gasteiger partial charge in [0.1, 0.15) is 11.9 Å². The van der Waals surface area contributed by atoms with E-state index in [1.165, 1.54) is 36.6 Å². The van der Waals surface area contributed by atoms with Crippen molar-refractivity contribution in [1.82, 2.24) is 19.5 Å². The van der Waals surface area contributed by atoms with Crippen LogP contribution >= 0.6 is 11.3 Å². The molecule has 7 aromatic carbocycles. The second-order valence-corrected chi connectivity index (χ2v) is 15.8. The highest BCUT2D eigenvalue weighted by molar-refractivity contribution is 7.25. The van der Waals surface area contributed by atoms with Gasteiger partial charge in [-0.25, -0.2) is 15.0 Å². The summed E-state index contributed by atoms with van der Waals surface area (Å²) in [6.07, 6.45) is 4.43. The van der Waals surface area contributed by atoms with Gasteiger partial charge in [-0.15, -0.1) is 11.3 Å². The Morgan fingerprint density at radius 2 is 1.19 bits per heavy atom. The molecule has 3 aromatic heterocycles. The first-order chi connectivity index (χ1) is 28.2. The lowest BCUT2D eigenvalue weighted by atomic mass is 9.85. The minimum atomic E-state index is -0.153. The number of thiophene rings is 1. The van der Waals surface area contributed by atoms with Crippen molar-refractivity contribution >= 4 is 48.5 Å². The van der Waals surface area contributed by atoms with Gasteiger partial charge in [-0.05, 0) is 71.8 Å². The van der Waals surface area contributed by atoms with Gasteiger partial charge in [0.2, 0.25) is 0 Å². The molecule has 2 unspecified atom stereocenters. The molecule has 0 amide bonds. The normalized spacial score (nSPS) is 15.4. The Morgan fingerprint density at radius 3 is 2.05 bits per heavy atom. The summed E-state index contributed by atoms with van der Waals surface area (Å²) in [4.78, 5) is 15.7. The number of aromatic nitrogens is 4. The molecule has 1 aliphatic heterocycles. The number of fused-ring (bicyclic) bond motifs is 10. The minimum Gasteiger partial charge on any atom is -0.484 e. The highest BCUT2D eigenvalue weighted by Crippen LogP contribution is 2.53. The van der Waals surface area contributed by atoms with Gasteiger partial charge in [-0.1, -0.05) is 121 Å². The minimum absolute atomic E-state index is 0.0386. The van der Waals surface area contributed by atoms with Gasteiger partial charge in [-0.2, -0.15) is 0 Å². The van der Waals surface area contributed by atoms with Crippen molar-refractivity contribution in [2.75, 3.05) is 0 Å². The van der Waals surface area contributed by atoms with E-state index in [1.807, 2.05) is 6.07 Å². The SMILES string of the molecule is C1=CC2c3cc(-c4nc(-c5cccc(-c6ccccc6)c5)nc(-c5cccc6sc7ccccc7c56)n4)ccc3OC2c2c1n(-c1ccccc1)c1ccccc21. The Labute approximate surface area is 332 Å². The summed E-state index contributed by atoms with van der Waals surface area (Å²) < 4.78 is 11.7. The summed E-state index contributed by atoms with van der Waals surface area (Å²) in [6, 6.07) is 59.6. The van der Waals surface area contributed by atoms with Crippen LogP contribution in [0.3, 0.4) is 0 Å². The predicted octanol–water partition coefficient (Wildman–Crippen LogP) is 13.1. The quantitative estimate of drug-likeness (QED) is 0.176. The molecular formula is C51H32N4OS. The molecule has 1 aliphatic carbocycles. The van der Waals surface area contributed by atoms with E-state index in [2.05, 4.69) is 181 Å². The standard InChI is InChI=1S/C51H32N4OS/c1-3-13-31(14-4-1)32-15-11-16-33(29-32)49-52-50(54-51(53-49)39-21-12-24-45-46(39)38-20-8-10-23-44(38)57-45)34-25-28-43-40(30-34)36-26-27-42-47(48(36)56-43)37-19-7-9-22-41(37)55(42)35-17-5-2-6-18-35/h1-30,36,48H. The van der Waals surface area contributed by atoms with Crippen LogP contribution in [-0.2, 0) is 0 Å². The Balaban J connectivity index is 1.01. The van der Waals surface area contributed by atoms with E-state index in [0.717, 1.165) is 50.5 Å². The fourth-order valence-corrected chi connectivity index (χ4v) is 9.99. The van der Waals surface area contributed by atoms with Crippen molar-refractivity contribution in [1.29, 1.82) is 0 Å². The fourth-order valence-electron chi connectivity index (χ4n) is 8.85. The summed E-state index contributed by atoms with van der Waals surface area (Å²) in [7, 11) is 0. The van der Waals surface area contributed by atoms with Crippen LogP contribution < -0.4 is 4.74 Å². The fraction of sp³-hybridized carbons (Fsp3) is 0.0392. The zero-order valence-electron chi connectivity index (χ0n) is 30.6. The molecular weight excluding hydrogens is 717 g/mol. The van der Waals surface area contributed by atoms with Crippen LogP contribution in [0.5, 0.6) is 5.75 Å². The average molecular weight is 749 g/mol. The van der Waals surface area contributed by atoms with Crippen LogP contribution in [0, 0.1) is 0 Å². The van der Waals surface area contributed by atoms with Crippen LogP contribution in [0.15, 0.2) is 176 Å². The topological polar surface area (TPSA) is 52.8 Å². The molecule has 2 atom stereocenters. The van der Waals surface area contributed by atoms with Crippen molar-refractivity contribution < 1.29 is 4.74 Å². The molecule has 268 valence electrons. The molecule has 5 nitrogen and oxygen atoms in total. The maximum atomic E-state index is 6.89. The van der Waals surface area contributed by atoms with Crippen LogP contribution in [0.25, 0.3) is 88.1 Å². The van der Waals surface area contributed by atoms with Crippen molar-refractivity contribution in [2.45, 2.75) is 12.0 Å². The molecule has 10 aromatic rings. The van der Waals surface area contributed by atoms with Crippen molar-refractivity contribution in [3.8, 4) is 56.7 Å². The summed E-state index contributed by atoms with van der Waals surface area (Å²) in [5.74, 6) is 2.85. The molecule has 0 spiro atoms. The zero-order chi connectivity index (χ0) is 37.5. The number of hydrogen-bond donors (Lipinski definition) is 0. The summed E-state index contributed by atoms with van der Waals surface area (Å²) in [6.45, 7) is 0. The van der Waals surface area contributed by atoms with Crippen molar-refractivity contribution in [2.24, 2.45) is 0 Å². The van der Waals surface area contributed by atoms with Crippen LogP contribution in [0.4, 0.5) is 0 Å². The highest BCUT2D eigenvalue weighted by atomic mass is 32.1. The number of para-hydroxylation sites is 2. The van der Waals surface area contributed by atoms with Crippen LogP contribution in [0.2, 0.25) is 0 Å². The van der Waals surface area contributed by atoms with Crippen LogP contribution in [-0.4, -0.2) is 19.5 Å². The summed E-state index contributed by atoms with van der Waals surface area (Å²) >= 11 is 1.80. The van der Waals surface area contributed by atoms with Gasteiger partial charge >= 0.3 is 0 Å². The maximum Gasteiger partial charge on any atom is 0.164 e. The molecule has 6 heteroatoms. The Kier molecular flexibility index (Phi) is 7.16. The lowest BCUT2D eigenvalue weighted by Crippen LogP contribution is -2.13. The largest absolute Gasteiger partial charge is 0.484 e. The van der Waals surface area contributed by atoms with E-state index in [4.69, 9.17) is 19.7 Å². The Hall–Kier alpha value is -7.15. The molecule has 2 aliphatic rings. The van der Waals surface area contributed by atoms with E-state index < -0.39 is 0 Å². The third-order valence-electron chi connectivity index (χ3n) is 11.4. The first kappa shape index (κ1) is 32.1. The number of benzene rings is 7. The predicted molar refractivity (Wildman–Crippen MR) is 233 cm³/mol. The first-order valence-electron chi connectivity index (χ1n) is 19.3. The van der Waals surface area contributed by atoms with Gasteiger partial charge in [0.15, 0.2) is 17.5 Å². The van der Waals surface area contributed by atoms with Gasteiger partial charge in [-0.3, -0.25) is 0 Å². The van der Waals surface area contributed by atoms with Crippen molar-refractivity contribution in [3.05, 3.63) is 193 Å². The second kappa shape index (κ2) is 12.7. The number of nitrogens with zero attached hydrogens (tertiary/aromatic N) is 4. The van der Waals surface area contributed by atoms with E-state index in [1.54, 1.807) is 11.3 Å². The van der Waals surface area contributed by atoms with Gasteiger partial charge in [0.05, 0.1) is 11.2 Å². The monoisotopic (exact) mass is 748 g/mol. The van der Waals surface area contributed by atoms with Gasteiger partial charge in [0.25, 0.3) is 0 Å². The highest BCUT2D eigenvalue weighted by Gasteiger charge is 2.40. The molecule has 57 heavy (non-hydrogen) atoms. The Bertz CT molecular complexity index is 3240. The third kappa shape index (κ3) is 5.11. The van der Waals surface area contributed by atoms with Crippen molar-refractivity contribution in [3.63, 3.8) is 0 Å². The first-order valence-corrected chi connectivity index (χ1v) is 20.1. The van der Waals surface area contributed by atoms with Gasteiger partial charge < -0.3 is 9.30 Å². The maximum absolute atomic E-state index is 6.89. The summed E-state index contributed by atoms with van der Waals surface area (Å²) in [5, 5.41) is 3.59. The zero-order valence-corrected chi connectivity index (χ0v) is 31.4. The second-order valence-electron chi connectivity index (χ2n) is 14.7. The Morgan fingerprint density at radius 1 is 0.526 bits per heavy atom. The lowest BCUT2D eigenvalue weighted by molar-refractivity contribution is 0.224. The lowest BCUT2D eigenvalue weighted by Gasteiger charge is -2.22. The van der Waals surface area contributed by atoms with E-state index in [0.29, 0.717) is 17.5 Å². The van der Waals surface area contributed by atoms with Crippen LogP contribution in [0.1, 0.15) is 28.8 Å². The molecule has 0 bridgehead atoms. The molecule has 0 saturated carbocycles.